The number of esters is 1. The maximum Gasteiger partial charge on any atom is 0.366 e. The zero-order chi connectivity index (χ0) is 18.0. The number of nitrogens with zero attached hydrogens (tertiary/aromatic N) is 3. The molecule has 0 radical (unpaired) electrons. The Bertz CT molecular complexity index is 937. The molecule has 0 aliphatic carbocycles. The first-order valence-corrected chi connectivity index (χ1v) is 7.92. The molecule has 0 N–H and O–H groups in total. The van der Waals surface area contributed by atoms with Gasteiger partial charge < -0.3 is 9.47 Å². The molecule has 0 saturated heterocycles. The van der Waals surface area contributed by atoms with Crippen molar-refractivity contribution in [2.75, 3.05) is 7.11 Å². The van der Waals surface area contributed by atoms with Crippen LogP contribution in [0.1, 0.15) is 21.7 Å². The van der Waals surface area contributed by atoms with Crippen molar-refractivity contribution in [3.8, 4) is 17.2 Å². The maximum absolute atomic E-state index is 12.4. The first kappa shape index (κ1) is 17.0. The number of carbonyl (C=O) groups is 1. The Kier molecular flexibility index (Phi) is 4.72. The van der Waals surface area contributed by atoms with Gasteiger partial charge in [-0.3, -0.25) is 0 Å². The van der Waals surface area contributed by atoms with Crippen molar-refractivity contribution in [1.82, 2.24) is 15.0 Å². The van der Waals surface area contributed by atoms with Crippen molar-refractivity contribution in [2.24, 2.45) is 0 Å². The number of halogens is 1. The van der Waals surface area contributed by atoms with Gasteiger partial charge in [0.05, 0.1) is 23.5 Å². The highest BCUT2D eigenvalue weighted by atomic mass is 35.5. The molecule has 128 valence electrons. The fourth-order valence-electron chi connectivity index (χ4n) is 2.38. The monoisotopic (exact) mass is 357 g/mol. The summed E-state index contributed by atoms with van der Waals surface area (Å²) in [5.74, 6) is 0.461. The third-order valence-electron chi connectivity index (χ3n) is 3.67. The minimum absolute atomic E-state index is 0.147. The van der Waals surface area contributed by atoms with Gasteiger partial charge in [-0.1, -0.05) is 28.9 Å². The van der Waals surface area contributed by atoms with Crippen LogP contribution < -0.4 is 9.47 Å². The lowest BCUT2D eigenvalue weighted by Gasteiger charge is -2.07. The first-order chi connectivity index (χ1) is 12.0. The summed E-state index contributed by atoms with van der Waals surface area (Å²) >= 11 is 6.15. The van der Waals surface area contributed by atoms with E-state index in [-0.39, 0.29) is 5.69 Å². The molecule has 0 bridgehead atoms. The average molecular weight is 358 g/mol. The number of aromatic nitrogens is 3. The first-order valence-electron chi connectivity index (χ1n) is 7.54. The van der Waals surface area contributed by atoms with Crippen molar-refractivity contribution in [1.29, 1.82) is 0 Å². The van der Waals surface area contributed by atoms with E-state index in [1.165, 1.54) is 4.68 Å². The van der Waals surface area contributed by atoms with E-state index in [9.17, 15) is 4.79 Å². The van der Waals surface area contributed by atoms with Crippen LogP contribution in [0.5, 0.6) is 11.5 Å². The van der Waals surface area contributed by atoms with Gasteiger partial charge in [0, 0.05) is 0 Å². The van der Waals surface area contributed by atoms with Crippen molar-refractivity contribution >= 4 is 17.6 Å². The highest BCUT2D eigenvalue weighted by Crippen LogP contribution is 2.27. The Balaban J connectivity index is 1.88. The number of hydrogen-bond donors (Lipinski definition) is 0. The fraction of sp³-hybridized carbons (Fsp3) is 0.167. The Morgan fingerprint density at radius 3 is 2.64 bits per heavy atom. The predicted octanol–water partition coefficient (Wildman–Crippen LogP) is 3.77. The van der Waals surface area contributed by atoms with Crippen LogP contribution in [0, 0.1) is 13.8 Å². The summed E-state index contributed by atoms with van der Waals surface area (Å²) in [6, 6.07) is 12.4. The third kappa shape index (κ3) is 3.49. The quantitative estimate of drug-likeness (QED) is 0.525. The van der Waals surface area contributed by atoms with Gasteiger partial charge in [0.1, 0.15) is 11.5 Å². The molecule has 3 rings (SSSR count). The van der Waals surface area contributed by atoms with Crippen LogP contribution in [0.15, 0.2) is 42.5 Å². The van der Waals surface area contributed by atoms with Crippen molar-refractivity contribution in [3.05, 3.63) is 64.4 Å². The number of hydrogen-bond acceptors (Lipinski definition) is 5. The number of ether oxygens (including phenoxy) is 2. The van der Waals surface area contributed by atoms with Gasteiger partial charge in [-0.15, -0.1) is 5.10 Å². The molecule has 7 heteroatoms. The van der Waals surface area contributed by atoms with Gasteiger partial charge in [-0.25, -0.2) is 9.48 Å². The fourth-order valence-corrected chi connectivity index (χ4v) is 2.64. The van der Waals surface area contributed by atoms with Crippen LogP contribution in [0.2, 0.25) is 5.02 Å². The third-order valence-corrected chi connectivity index (χ3v) is 3.96. The largest absolute Gasteiger partial charge is 0.495 e. The summed E-state index contributed by atoms with van der Waals surface area (Å²) in [6.07, 6.45) is 0. The molecule has 0 unspecified atom stereocenters. The summed E-state index contributed by atoms with van der Waals surface area (Å²) < 4.78 is 12.0. The van der Waals surface area contributed by atoms with E-state index in [1.807, 2.05) is 19.1 Å². The van der Waals surface area contributed by atoms with Gasteiger partial charge in [-0.2, -0.15) is 0 Å². The van der Waals surface area contributed by atoms with Gasteiger partial charge >= 0.3 is 5.97 Å². The molecule has 25 heavy (non-hydrogen) atoms. The van der Waals surface area contributed by atoms with E-state index in [0.29, 0.717) is 27.9 Å². The number of methoxy groups -OCH3 is 1. The highest BCUT2D eigenvalue weighted by molar-refractivity contribution is 6.32. The average Bonchev–Trinajstić information content (AvgIpc) is 2.96. The second-order valence-electron chi connectivity index (χ2n) is 5.46. The molecular weight excluding hydrogens is 342 g/mol. The van der Waals surface area contributed by atoms with E-state index in [1.54, 1.807) is 44.4 Å². The molecule has 0 aliphatic rings. The predicted molar refractivity (Wildman–Crippen MR) is 93.8 cm³/mol. The molecule has 3 aromatic rings. The zero-order valence-corrected chi connectivity index (χ0v) is 14.7. The summed E-state index contributed by atoms with van der Waals surface area (Å²) in [4.78, 5) is 12.4. The molecule has 1 aromatic heterocycles. The van der Waals surface area contributed by atoms with E-state index in [2.05, 4.69) is 10.3 Å². The Labute approximate surface area is 149 Å². The normalized spacial score (nSPS) is 10.6. The molecule has 0 aliphatic heterocycles. The van der Waals surface area contributed by atoms with Crippen LogP contribution in [0.25, 0.3) is 5.69 Å². The van der Waals surface area contributed by atoms with Gasteiger partial charge in [0.2, 0.25) is 0 Å². The second-order valence-corrected chi connectivity index (χ2v) is 5.87. The van der Waals surface area contributed by atoms with E-state index in [4.69, 9.17) is 21.1 Å². The van der Waals surface area contributed by atoms with Crippen LogP contribution in [-0.2, 0) is 0 Å². The lowest BCUT2D eigenvalue weighted by molar-refractivity contribution is 0.0727. The maximum atomic E-state index is 12.4. The molecule has 0 atom stereocenters. The van der Waals surface area contributed by atoms with Crippen molar-refractivity contribution < 1.29 is 14.3 Å². The van der Waals surface area contributed by atoms with Crippen LogP contribution in [-0.4, -0.2) is 28.1 Å². The Morgan fingerprint density at radius 2 is 1.96 bits per heavy atom. The molecule has 1 heterocycles. The Hall–Kier alpha value is -2.86. The Morgan fingerprint density at radius 1 is 1.16 bits per heavy atom. The van der Waals surface area contributed by atoms with Crippen LogP contribution in [0.3, 0.4) is 0 Å². The summed E-state index contributed by atoms with van der Waals surface area (Å²) in [7, 11) is 1.54. The molecule has 0 fully saturated rings. The van der Waals surface area contributed by atoms with Crippen molar-refractivity contribution in [2.45, 2.75) is 13.8 Å². The number of carbonyl (C=O) groups excluding carboxylic acids is 1. The SMILES string of the molecule is COc1ccc(-n2nnc(C(=O)Oc3cccc(C)c3)c2C)cc1Cl. The van der Waals surface area contributed by atoms with Gasteiger partial charge in [0.25, 0.3) is 0 Å². The minimum Gasteiger partial charge on any atom is -0.495 e. The number of aryl methyl sites for hydroxylation is 1. The molecule has 2 aromatic carbocycles. The standard InChI is InChI=1S/C18H16ClN3O3/c1-11-5-4-6-14(9-11)25-18(23)17-12(2)22(21-20-17)13-7-8-16(24-3)15(19)10-13/h4-10H,1-3H3. The lowest BCUT2D eigenvalue weighted by Crippen LogP contribution is -2.11. The van der Waals surface area contributed by atoms with Crippen LogP contribution >= 0.6 is 11.6 Å². The summed E-state index contributed by atoms with van der Waals surface area (Å²) in [5, 5.41) is 8.42. The second kappa shape index (κ2) is 6.94. The van der Waals surface area contributed by atoms with E-state index in [0.717, 1.165) is 5.56 Å². The van der Waals surface area contributed by atoms with Crippen molar-refractivity contribution in [3.63, 3.8) is 0 Å². The smallest absolute Gasteiger partial charge is 0.366 e. The molecule has 0 amide bonds. The number of rotatable bonds is 4. The lowest BCUT2D eigenvalue weighted by atomic mass is 10.2. The molecular formula is C18H16ClN3O3. The molecule has 6 nitrogen and oxygen atoms in total. The number of benzene rings is 2. The van der Waals surface area contributed by atoms with Gasteiger partial charge in [0.15, 0.2) is 5.69 Å². The summed E-state index contributed by atoms with van der Waals surface area (Å²) in [5.41, 5.74) is 2.37. The van der Waals surface area contributed by atoms with E-state index < -0.39 is 5.97 Å². The minimum atomic E-state index is -0.561. The van der Waals surface area contributed by atoms with Crippen LogP contribution in [0.4, 0.5) is 0 Å². The van der Waals surface area contributed by atoms with E-state index >= 15 is 0 Å². The topological polar surface area (TPSA) is 66.2 Å². The molecule has 0 saturated carbocycles. The zero-order valence-electron chi connectivity index (χ0n) is 14.0. The van der Waals surface area contributed by atoms with Gasteiger partial charge in [-0.05, 0) is 49.7 Å². The molecule has 0 spiro atoms. The summed E-state index contributed by atoms with van der Waals surface area (Å²) in [6.45, 7) is 3.66. The highest BCUT2D eigenvalue weighted by Gasteiger charge is 2.20.